The topological polar surface area (TPSA) is 71.7 Å². The summed E-state index contributed by atoms with van der Waals surface area (Å²) >= 11 is 0. The normalized spacial score (nSPS) is 21.3. The average Bonchev–Trinajstić information content (AvgIpc) is 3.22. The first-order valence-corrected chi connectivity index (χ1v) is 10.6. The van der Waals surface area contributed by atoms with Crippen molar-refractivity contribution in [2.45, 2.75) is 39.2 Å². The SMILES string of the molecule is COc1ccc(-c2noc(CN3CCCC(C(=O)N4CCC(C)CC4)C3)n2)cc1. The highest BCUT2D eigenvalue weighted by Crippen LogP contribution is 2.25. The van der Waals surface area contributed by atoms with E-state index in [0.29, 0.717) is 24.2 Å². The van der Waals surface area contributed by atoms with E-state index >= 15 is 0 Å². The predicted octanol–water partition coefficient (Wildman–Crippen LogP) is 3.22. The summed E-state index contributed by atoms with van der Waals surface area (Å²) in [5, 5.41) is 4.11. The van der Waals surface area contributed by atoms with E-state index in [4.69, 9.17) is 9.26 Å². The smallest absolute Gasteiger partial charge is 0.241 e. The molecule has 1 aromatic carbocycles. The first-order valence-electron chi connectivity index (χ1n) is 10.6. The molecule has 7 heteroatoms. The molecule has 0 bridgehead atoms. The van der Waals surface area contributed by atoms with E-state index in [1.54, 1.807) is 7.11 Å². The molecule has 0 aliphatic carbocycles. The molecule has 0 saturated carbocycles. The number of carbonyl (C=O) groups is 1. The highest BCUT2D eigenvalue weighted by Gasteiger charge is 2.31. The molecule has 1 unspecified atom stereocenters. The lowest BCUT2D eigenvalue weighted by Crippen LogP contribution is -2.46. The molecule has 1 amide bonds. The van der Waals surface area contributed by atoms with Gasteiger partial charge in [0.05, 0.1) is 19.6 Å². The number of likely N-dealkylation sites (tertiary alicyclic amines) is 2. The maximum absolute atomic E-state index is 12.9. The Kier molecular flexibility index (Phi) is 6.13. The Morgan fingerprint density at radius 3 is 2.66 bits per heavy atom. The lowest BCUT2D eigenvalue weighted by atomic mass is 9.93. The third-order valence-corrected chi connectivity index (χ3v) is 6.13. The summed E-state index contributed by atoms with van der Waals surface area (Å²) in [5.74, 6) is 3.11. The van der Waals surface area contributed by atoms with Crippen molar-refractivity contribution in [1.82, 2.24) is 19.9 Å². The zero-order chi connectivity index (χ0) is 20.2. The Morgan fingerprint density at radius 1 is 1.17 bits per heavy atom. The van der Waals surface area contributed by atoms with Gasteiger partial charge in [-0.2, -0.15) is 4.98 Å². The molecule has 2 fully saturated rings. The summed E-state index contributed by atoms with van der Waals surface area (Å²) < 4.78 is 10.7. The van der Waals surface area contributed by atoms with Crippen LogP contribution in [0.15, 0.2) is 28.8 Å². The maximum Gasteiger partial charge on any atom is 0.241 e. The fourth-order valence-corrected chi connectivity index (χ4v) is 4.26. The van der Waals surface area contributed by atoms with E-state index in [1.807, 2.05) is 24.3 Å². The van der Waals surface area contributed by atoms with Gasteiger partial charge >= 0.3 is 0 Å². The van der Waals surface area contributed by atoms with E-state index in [-0.39, 0.29) is 5.92 Å². The van der Waals surface area contributed by atoms with Gasteiger partial charge in [0.2, 0.25) is 17.6 Å². The van der Waals surface area contributed by atoms with Crippen LogP contribution < -0.4 is 4.74 Å². The molecule has 0 N–H and O–H groups in total. The minimum absolute atomic E-state index is 0.0844. The molecule has 2 aromatic rings. The number of ether oxygens (including phenoxy) is 1. The first kappa shape index (κ1) is 19.9. The van der Waals surface area contributed by atoms with Crippen molar-refractivity contribution in [1.29, 1.82) is 0 Å². The molecule has 1 aromatic heterocycles. The van der Waals surface area contributed by atoms with Crippen molar-refractivity contribution in [3.63, 3.8) is 0 Å². The number of aromatic nitrogens is 2. The van der Waals surface area contributed by atoms with Gasteiger partial charge in [-0.3, -0.25) is 9.69 Å². The van der Waals surface area contributed by atoms with Crippen molar-refractivity contribution in [2.24, 2.45) is 11.8 Å². The van der Waals surface area contributed by atoms with Crippen LogP contribution in [0.4, 0.5) is 0 Å². The maximum atomic E-state index is 12.9. The van der Waals surface area contributed by atoms with Crippen molar-refractivity contribution in [2.75, 3.05) is 33.3 Å². The molecule has 0 radical (unpaired) electrons. The zero-order valence-electron chi connectivity index (χ0n) is 17.3. The van der Waals surface area contributed by atoms with Crippen molar-refractivity contribution in [3.8, 4) is 17.1 Å². The predicted molar refractivity (Wildman–Crippen MR) is 109 cm³/mol. The van der Waals surface area contributed by atoms with Gasteiger partial charge in [-0.25, -0.2) is 0 Å². The zero-order valence-corrected chi connectivity index (χ0v) is 17.3. The van der Waals surface area contributed by atoms with E-state index in [9.17, 15) is 4.79 Å². The van der Waals surface area contributed by atoms with Crippen LogP contribution in [-0.4, -0.2) is 59.1 Å². The third-order valence-electron chi connectivity index (χ3n) is 6.13. The number of rotatable bonds is 5. The molecule has 3 heterocycles. The van der Waals surface area contributed by atoms with Crippen LogP contribution in [0.1, 0.15) is 38.5 Å². The summed E-state index contributed by atoms with van der Waals surface area (Å²) in [6.45, 7) is 6.40. The summed E-state index contributed by atoms with van der Waals surface area (Å²) in [6, 6.07) is 7.60. The van der Waals surface area contributed by atoms with Crippen LogP contribution in [-0.2, 0) is 11.3 Å². The third kappa shape index (κ3) is 4.78. The minimum Gasteiger partial charge on any atom is -0.497 e. The van der Waals surface area contributed by atoms with Gasteiger partial charge in [0.1, 0.15) is 5.75 Å². The molecule has 29 heavy (non-hydrogen) atoms. The van der Waals surface area contributed by atoms with Gasteiger partial charge in [-0.05, 0) is 62.4 Å². The monoisotopic (exact) mass is 398 g/mol. The number of hydrogen-bond donors (Lipinski definition) is 0. The number of piperidine rings is 2. The summed E-state index contributed by atoms with van der Waals surface area (Å²) in [6.07, 6.45) is 4.25. The number of carbonyl (C=O) groups excluding carboxylic acids is 1. The van der Waals surface area contributed by atoms with Crippen LogP contribution in [0.3, 0.4) is 0 Å². The van der Waals surface area contributed by atoms with Crippen molar-refractivity contribution < 1.29 is 14.1 Å². The number of benzene rings is 1. The van der Waals surface area contributed by atoms with Gasteiger partial charge in [0.15, 0.2) is 0 Å². The molecular weight excluding hydrogens is 368 g/mol. The molecule has 7 nitrogen and oxygen atoms in total. The van der Waals surface area contributed by atoms with Gasteiger partial charge < -0.3 is 14.2 Å². The fourth-order valence-electron chi connectivity index (χ4n) is 4.26. The van der Waals surface area contributed by atoms with Gasteiger partial charge in [-0.15, -0.1) is 0 Å². The Hall–Kier alpha value is -2.41. The first-order chi connectivity index (χ1) is 14.1. The molecule has 156 valence electrons. The van der Waals surface area contributed by atoms with Gasteiger partial charge in [-0.1, -0.05) is 12.1 Å². The highest BCUT2D eigenvalue weighted by molar-refractivity contribution is 5.79. The second-order valence-electron chi connectivity index (χ2n) is 8.32. The van der Waals surface area contributed by atoms with Gasteiger partial charge in [0, 0.05) is 25.2 Å². The highest BCUT2D eigenvalue weighted by atomic mass is 16.5. The van der Waals surface area contributed by atoms with Crippen molar-refractivity contribution in [3.05, 3.63) is 30.2 Å². The number of nitrogens with zero attached hydrogens (tertiary/aromatic N) is 4. The Bertz CT molecular complexity index is 812. The van der Waals surface area contributed by atoms with Crippen molar-refractivity contribution >= 4 is 5.91 Å². The number of amides is 1. The summed E-state index contributed by atoms with van der Waals surface area (Å²) in [4.78, 5) is 21.8. The average molecular weight is 399 g/mol. The van der Waals surface area contributed by atoms with E-state index in [2.05, 4.69) is 26.9 Å². The Morgan fingerprint density at radius 2 is 1.93 bits per heavy atom. The summed E-state index contributed by atoms with van der Waals surface area (Å²) in [7, 11) is 1.64. The fraction of sp³-hybridized carbons (Fsp3) is 0.591. The molecule has 2 aliphatic rings. The number of methoxy groups -OCH3 is 1. The van der Waals surface area contributed by atoms with E-state index in [1.165, 1.54) is 0 Å². The molecule has 0 spiro atoms. The molecule has 2 aliphatic heterocycles. The molecule has 1 atom stereocenters. The van der Waals surface area contributed by atoms with E-state index in [0.717, 1.165) is 69.1 Å². The Labute approximate surface area is 172 Å². The molecule has 4 rings (SSSR count). The quantitative estimate of drug-likeness (QED) is 0.770. The molecule has 2 saturated heterocycles. The second kappa shape index (κ2) is 8.95. The number of hydrogen-bond acceptors (Lipinski definition) is 6. The van der Waals surface area contributed by atoms with Crippen LogP contribution in [0.25, 0.3) is 11.4 Å². The lowest BCUT2D eigenvalue weighted by molar-refractivity contribution is -0.138. The van der Waals surface area contributed by atoms with Crippen LogP contribution >= 0.6 is 0 Å². The van der Waals surface area contributed by atoms with E-state index < -0.39 is 0 Å². The van der Waals surface area contributed by atoms with Crippen LogP contribution in [0.5, 0.6) is 5.75 Å². The largest absolute Gasteiger partial charge is 0.497 e. The van der Waals surface area contributed by atoms with Crippen LogP contribution in [0.2, 0.25) is 0 Å². The summed E-state index contributed by atoms with van der Waals surface area (Å²) in [5.41, 5.74) is 0.895. The van der Waals surface area contributed by atoms with Gasteiger partial charge in [0.25, 0.3) is 0 Å². The minimum atomic E-state index is 0.0844. The lowest BCUT2D eigenvalue weighted by Gasteiger charge is -2.37. The Balaban J connectivity index is 1.34. The van der Waals surface area contributed by atoms with Crippen LogP contribution in [0, 0.1) is 11.8 Å². The second-order valence-corrected chi connectivity index (χ2v) is 8.32. The molecular formula is C22H30N4O3. The standard InChI is InChI=1S/C22H30N4O3/c1-16-9-12-26(13-10-16)22(27)18-4-3-11-25(14-18)15-20-23-21(24-29-20)17-5-7-19(28-2)8-6-17/h5-8,16,18H,3-4,9-15H2,1-2H3.